The Hall–Kier alpha value is -1.06. The van der Waals surface area contributed by atoms with Crippen LogP contribution in [-0.2, 0) is 6.42 Å². The molecule has 1 saturated carbocycles. The van der Waals surface area contributed by atoms with E-state index >= 15 is 0 Å². The first kappa shape index (κ1) is 9.49. The van der Waals surface area contributed by atoms with Gasteiger partial charge in [0.15, 0.2) is 0 Å². The van der Waals surface area contributed by atoms with Crippen LogP contribution in [0.25, 0.3) is 0 Å². The molecule has 0 radical (unpaired) electrons. The second-order valence-electron chi connectivity index (χ2n) is 4.18. The van der Waals surface area contributed by atoms with Gasteiger partial charge in [-0.25, -0.2) is 0 Å². The van der Waals surface area contributed by atoms with Crippen molar-refractivity contribution in [2.75, 3.05) is 5.73 Å². The zero-order valence-corrected chi connectivity index (χ0v) is 8.50. The molecule has 1 aromatic rings. The highest BCUT2D eigenvalue weighted by atomic mass is 15.3. The number of aromatic nitrogens is 3. The average molecular weight is 194 g/mol. The summed E-state index contributed by atoms with van der Waals surface area (Å²) in [4.78, 5) is 4.11. The lowest BCUT2D eigenvalue weighted by molar-refractivity contribution is 0.337. The number of nitrogen functional groups attached to an aromatic ring is 1. The summed E-state index contributed by atoms with van der Waals surface area (Å²) in [5.41, 5.74) is 5.43. The molecule has 0 aliphatic heterocycles. The third kappa shape index (κ3) is 2.47. The number of H-pyrrole nitrogens is 1. The van der Waals surface area contributed by atoms with Crippen LogP contribution in [0.4, 0.5) is 5.95 Å². The van der Waals surface area contributed by atoms with E-state index in [-0.39, 0.29) is 0 Å². The fraction of sp³-hybridized carbons (Fsp3) is 0.800. The molecule has 4 heteroatoms. The highest BCUT2D eigenvalue weighted by Gasteiger charge is 2.13. The van der Waals surface area contributed by atoms with Crippen molar-refractivity contribution in [3.8, 4) is 0 Å². The topological polar surface area (TPSA) is 67.6 Å². The molecular formula is C10H18N4. The molecule has 1 heterocycles. The van der Waals surface area contributed by atoms with E-state index in [1.54, 1.807) is 0 Å². The molecule has 1 aliphatic carbocycles. The van der Waals surface area contributed by atoms with Crippen molar-refractivity contribution in [1.82, 2.24) is 15.2 Å². The van der Waals surface area contributed by atoms with Crippen LogP contribution in [0.3, 0.4) is 0 Å². The number of anilines is 1. The van der Waals surface area contributed by atoms with Crippen LogP contribution in [0, 0.1) is 5.92 Å². The first-order valence-electron chi connectivity index (χ1n) is 5.51. The lowest BCUT2D eigenvalue weighted by atomic mass is 9.86. The Balaban J connectivity index is 1.76. The molecule has 14 heavy (non-hydrogen) atoms. The molecular weight excluding hydrogens is 176 g/mol. The van der Waals surface area contributed by atoms with Crippen molar-refractivity contribution in [1.29, 1.82) is 0 Å². The first-order valence-corrected chi connectivity index (χ1v) is 5.51. The number of nitrogens with one attached hydrogen (secondary N) is 1. The van der Waals surface area contributed by atoms with E-state index in [1.807, 2.05) is 0 Å². The maximum atomic E-state index is 5.43. The van der Waals surface area contributed by atoms with E-state index in [2.05, 4.69) is 15.2 Å². The minimum Gasteiger partial charge on any atom is -0.367 e. The molecule has 0 amide bonds. The minimum atomic E-state index is 0.364. The summed E-state index contributed by atoms with van der Waals surface area (Å²) < 4.78 is 0. The molecule has 2 rings (SSSR count). The Labute approximate surface area is 84.3 Å². The van der Waals surface area contributed by atoms with Gasteiger partial charge in [-0.05, 0) is 12.3 Å². The molecule has 4 nitrogen and oxygen atoms in total. The third-order valence-corrected chi connectivity index (χ3v) is 3.06. The molecule has 0 spiro atoms. The summed E-state index contributed by atoms with van der Waals surface area (Å²) in [6.07, 6.45) is 9.24. The molecule has 1 aliphatic rings. The summed E-state index contributed by atoms with van der Waals surface area (Å²) in [6, 6.07) is 0. The molecule has 0 atom stereocenters. The van der Waals surface area contributed by atoms with Gasteiger partial charge in [-0.1, -0.05) is 32.1 Å². The zero-order chi connectivity index (χ0) is 9.80. The molecule has 0 bridgehead atoms. The maximum absolute atomic E-state index is 5.43. The lowest BCUT2D eigenvalue weighted by Crippen LogP contribution is -2.07. The largest absolute Gasteiger partial charge is 0.367 e. The smallest absolute Gasteiger partial charge is 0.239 e. The van der Waals surface area contributed by atoms with Gasteiger partial charge in [0.2, 0.25) is 5.95 Å². The Bertz CT molecular complexity index is 275. The lowest BCUT2D eigenvalue weighted by Gasteiger charge is -2.20. The van der Waals surface area contributed by atoms with Gasteiger partial charge in [-0.15, -0.1) is 5.10 Å². The molecule has 0 unspecified atom stereocenters. The van der Waals surface area contributed by atoms with Gasteiger partial charge >= 0.3 is 0 Å². The van der Waals surface area contributed by atoms with Crippen LogP contribution in [0.1, 0.15) is 44.3 Å². The van der Waals surface area contributed by atoms with Crippen molar-refractivity contribution < 1.29 is 0 Å². The van der Waals surface area contributed by atoms with Crippen LogP contribution in [0.15, 0.2) is 0 Å². The number of nitrogens with zero attached hydrogens (tertiary/aromatic N) is 2. The van der Waals surface area contributed by atoms with E-state index in [9.17, 15) is 0 Å². The fourth-order valence-corrected chi connectivity index (χ4v) is 2.24. The minimum absolute atomic E-state index is 0.364. The van der Waals surface area contributed by atoms with E-state index in [0.29, 0.717) is 5.95 Å². The SMILES string of the molecule is Nc1n[nH]c(CCC2CCCCC2)n1. The number of nitrogens with two attached hydrogens (primary N) is 1. The zero-order valence-electron chi connectivity index (χ0n) is 8.50. The Morgan fingerprint density at radius 3 is 2.71 bits per heavy atom. The molecule has 0 saturated heterocycles. The number of hydrogen-bond acceptors (Lipinski definition) is 3. The van der Waals surface area contributed by atoms with Gasteiger partial charge < -0.3 is 5.73 Å². The van der Waals surface area contributed by atoms with Gasteiger partial charge in [-0.2, -0.15) is 4.98 Å². The molecule has 3 N–H and O–H groups in total. The second kappa shape index (κ2) is 4.44. The van der Waals surface area contributed by atoms with Gasteiger partial charge in [0.05, 0.1) is 0 Å². The first-order chi connectivity index (χ1) is 6.84. The van der Waals surface area contributed by atoms with Crippen LogP contribution >= 0.6 is 0 Å². The van der Waals surface area contributed by atoms with Crippen LogP contribution in [-0.4, -0.2) is 15.2 Å². The molecule has 1 fully saturated rings. The van der Waals surface area contributed by atoms with E-state index < -0.39 is 0 Å². The monoisotopic (exact) mass is 194 g/mol. The van der Waals surface area contributed by atoms with E-state index in [0.717, 1.165) is 18.2 Å². The van der Waals surface area contributed by atoms with E-state index in [4.69, 9.17) is 5.73 Å². The number of aryl methyl sites for hydroxylation is 1. The van der Waals surface area contributed by atoms with E-state index in [1.165, 1.54) is 38.5 Å². The summed E-state index contributed by atoms with van der Waals surface area (Å²) in [6.45, 7) is 0. The quantitative estimate of drug-likeness (QED) is 0.772. The van der Waals surface area contributed by atoms with Crippen molar-refractivity contribution >= 4 is 5.95 Å². The summed E-state index contributed by atoms with van der Waals surface area (Å²) >= 11 is 0. The fourth-order valence-electron chi connectivity index (χ4n) is 2.24. The molecule has 0 aromatic carbocycles. The van der Waals surface area contributed by atoms with Crippen molar-refractivity contribution in [2.45, 2.75) is 44.9 Å². The Morgan fingerprint density at radius 1 is 1.29 bits per heavy atom. The third-order valence-electron chi connectivity index (χ3n) is 3.06. The summed E-state index contributed by atoms with van der Waals surface area (Å²) in [5.74, 6) is 2.20. The summed E-state index contributed by atoms with van der Waals surface area (Å²) in [5, 5.41) is 6.68. The molecule has 1 aromatic heterocycles. The van der Waals surface area contributed by atoms with Crippen LogP contribution in [0.5, 0.6) is 0 Å². The number of aromatic amines is 1. The number of hydrogen-bond donors (Lipinski definition) is 2. The molecule has 78 valence electrons. The van der Waals surface area contributed by atoms with Crippen molar-refractivity contribution in [3.63, 3.8) is 0 Å². The Kier molecular flexibility index (Phi) is 3.01. The normalized spacial score (nSPS) is 18.6. The van der Waals surface area contributed by atoms with Gasteiger partial charge in [0.25, 0.3) is 0 Å². The summed E-state index contributed by atoms with van der Waals surface area (Å²) in [7, 11) is 0. The Morgan fingerprint density at radius 2 is 2.07 bits per heavy atom. The predicted molar refractivity (Wildman–Crippen MR) is 55.7 cm³/mol. The standard InChI is InChI=1S/C10H18N4/c11-10-12-9(13-14-10)7-6-8-4-2-1-3-5-8/h8H,1-7H2,(H3,11,12,13,14). The predicted octanol–water partition coefficient (Wildman–Crippen LogP) is 1.90. The van der Waals surface area contributed by atoms with Crippen LogP contribution < -0.4 is 5.73 Å². The van der Waals surface area contributed by atoms with Crippen molar-refractivity contribution in [3.05, 3.63) is 5.82 Å². The maximum Gasteiger partial charge on any atom is 0.239 e. The van der Waals surface area contributed by atoms with Crippen LogP contribution in [0.2, 0.25) is 0 Å². The van der Waals surface area contributed by atoms with Gasteiger partial charge in [0, 0.05) is 6.42 Å². The van der Waals surface area contributed by atoms with Gasteiger partial charge in [-0.3, -0.25) is 5.10 Å². The number of rotatable bonds is 3. The van der Waals surface area contributed by atoms with Crippen molar-refractivity contribution in [2.24, 2.45) is 5.92 Å². The second-order valence-corrected chi connectivity index (χ2v) is 4.18. The highest BCUT2D eigenvalue weighted by molar-refractivity contribution is 5.12. The van der Waals surface area contributed by atoms with Gasteiger partial charge in [0.1, 0.15) is 5.82 Å². The highest BCUT2D eigenvalue weighted by Crippen LogP contribution is 2.26. The average Bonchev–Trinajstić information content (AvgIpc) is 2.63.